The normalized spacial score (nSPS) is 36.7. The van der Waals surface area contributed by atoms with Gasteiger partial charge < -0.3 is 9.84 Å². The summed E-state index contributed by atoms with van der Waals surface area (Å²) in [6.45, 7) is 6.64. The summed E-state index contributed by atoms with van der Waals surface area (Å²) < 4.78 is 4.94. The number of aliphatic carboxylic acids is 1. The summed E-state index contributed by atoms with van der Waals surface area (Å²) in [4.78, 5) is 24.3. The zero-order chi connectivity index (χ0) is 23.1. The monoisotopic (exact) mass is 436 g/mol. The fourth-order valence-electron chi connectivity index (χ4n) is 7.06. The molecule has 4 heteroatoms. The van der Waals surface area contributed by atoms with Crippen LogP contribution in [-0.2, 0) is 9.53 Å². The Balaban J connectivity index is 1.58. The first kappa shape index (κ1) is 22.8. The van der Waals surface area contributed by atoms with Crippen molar-refractivity contribution in [1.29, 1.82) is 0 Å². The minimum atomic E-state index is -0.627. The number of esters is 1. The molecule has 0 heterocycles. The summed E-state index contributed by atoms with van der Waals surface area (Å²) in [5.41, 5.74) is 2.46. The zero-order valence-electron chi connectivity index (χ0n) is 19.8. The van der Waals surface area contributed by atoms with Crippen molar-refractivity contribution < 1.29 is 19.4 Å². The molecule has 0 saturated heterocycles. The molecular weight excluding hydrogens is 400 g/mol. The van der Waals surface area contributed by atoms with E-state index < -0.39 is 11.4 Å². The first-order valence-electron chi connectivity index (χ1n) is 11.9. The third-order valence-corrected chi connectivity index (χ3v) is 8.97. The molecule has 2 saturated carbocycles. The van der Waals surface area contributed by atoms with Crippen molar-refractivity contribution in [3.05, 3.63) is 53.1 Å². The first-order valence-corrected chi connectivity index (χ1v) is 11.9. The molecule has 5 atom stereocenters. The van der Waals surface area contributed by atoms with Gasteiger partial charge in [-0.2, -0.15) is 0 Å². The summed E-state index contributed by atoms with van der Waals surface area (Å²) in [6, 6.07) is 7.56. The van der Waals surface area contributed by atoms with E-state index in [0.717, 1.165) is 50.5 Å². The zero-order valence-corrected chi connectivity index (χ0v) is 19.8. The maximum Gasteiger partial charge on any atom is 0.338 e. The quantitative estimate of drug-likeness (QED) is 0.431. The standard InChI is InChI=1S/C28H36O4/c1-26(16-12-19-8-5-6-9-21(19)24(29)32-4)17-13-22-20(18-26)10-11-23-27(22,2)14-7-15-28(23,3)25(30)31/h5-6,8-10,12,16,22-23H,7,11,13-15,17-18H2,1-4H3,(H,30,31)/b16-12+/t22-,23+,26-,27+,28+/m0/s1. The molecule has 0 aliphatic heterocycles. The molecule has 172 valence electrons. The maximum atomic E-state index is 12.2. The molecule has 0 bridgehead atoms. The van der Waals surface area contributed by atoms with E-state index >= 15 is 0 Å². The van der Waals surface area contributed by atoms with Crippen molar-refractivity contribution in [3.8, 4) is 0 Å². The number of carbonyl (C=O) groups is 2. The van der Waals surface area contributed by atoms with Crippen LogP contribution in [0.1, 0.15) is 81.6 Å². The summed E-state index contributed by atoms with van der Waals surface area (Å²) in [7, 11) is 1.41. The summed E-state index contributed by atoms with van der Waals surface area (Å²) in [6.07, 6.45) is 13.7. The molecule has 1 aromatic rings. The van der Waals surface area contributed by atoms with Gasteiger partial charge in [0, 0.05) is 0 Å². The molecular formula is C28H36O4. The Morgan fingerprint density at radius 3 is 2.59 bits per heavy atom. The van der Waals surface area contributed by atoms with Crippen molar-refractivity contribution in [2.75, 3.05) is 7.11 Å². The van der Waals surface area contributed by atoms with Crippen molar-refractivity contribution in [2.24, 2.45) is 28.1 Å². The highest BCUT2D eigenvalue weighted by molar-refractivity contribution is 5.93. The van der Waals surface area contributed by atoms with Crippen LogP contribution in [0.2, 0.25) is 0 Å². The number of hydrogen-bond acceptors (Lipinski definition) is 3. The molecule has 1 aromatic carbocycles. The van der Waals surface area contributed by atoms with E-state index in [1.807, 2.05) is 25.1 Å². The number of carboxylic acid groups (broad SMARTS) is 1. The van der Waals surface area contributed by atoms with Gasteiger partial charge in [0.05, 0.1) is 18.1 Å². The van der Waals surface area contributed by atoms with Crippen molar-refractivity contribution >= 4 is 18.0 Å². The summed E-state index contributed by atoms with van der Waals surface area (Å²) in [5, 5.41) is 10.0. The maximum absolute atomic E-state index is 12.2. The second-order valence-electron chi connectivity index (χ2n) is 11.0. The van der Waals surface area contributed by atoms with E-state index in [4.69, 9.17) is 4.74 Å². The molecule has 2 fully saturated rings. The lowest BCUT2D eigenvalue weighted by Crippen LogP contribution is -2.53. The molecule has 0 spiro atoms. The third-order valence-electron chi connectivity index (χ3n) is 8.97. The van der Waals surface area contributed by atoms with Crippen LogP contribution < -0.4 is 0 Å². The van der Waals surface area contributed by atoms with Gasteiger partial charge in [-0.15, -0.1) is 0 Å². The van der Waals surface area contributed by atoms with E-state index in [1.54, 1.807) is 6.07 Å². The lowest BCUT2D eigenvalue weighted by atomic mass is 9.45. The van der Waals surface area contributed by atoms with Gasteiger partial charge in [0.2, 0.25) is 0 Å². The van der Waals surface area contributed by atoms with E-state index in [0.29, 0.717) is 11.5 Å². The largest absolute Gasteiger partial charge is 0.481 e. The van der Waals surface area contributed by atoms with E-state index in [2.05, 4.69) is 32.1 Å². The van der Waals surface area contributed by atoms with Crippen LogP contribution in [0.3, 0.4) is 0 Å². The number of rotatable bonds is 4. The number of carboxylic acids is 1. The minimum absolute atomic E-state index is 0.0273. The molecule has 1 N–H and O–H groups in total. The average molecular weight is 437 g/mol. The Bertz CT molecular complexity index is 975. The van der Waals surface area contributed by atoms with E-state index in [9.17, 15) is 14.7 Å². The molecule has 32 heavy (non-hydrogen) atoms. The Kier molecular flexibility index (Phi) is 5.85. The smallest absolute Gasteiger partial charge is 0.338 e. The number of carbonyl (C=O) groups excluding carboxylic acids is 1. The number of benzene rings is 1. The SMILES string of the molecule is COC(=O)c1ccccc1/C=C/[C@@]1(C)CC[C@H]2C(=CC[C@@H]3[C@]2(C)CCC[C@@]3(C)C(=O)O)C1. The Morgan fingerprint density at radius 1 is 1.12 bits per heavy atom. The lowest BCUT2D eigenvalue weighted by molar-refractivity contribution is -0.163. The Labute approximate surface area is 191 Å². The molecule has 0 radical (unpaired) electrons. The Hall–Kier alpha value is -2.36. The van der Waals surface area contributed by atoms with Crippen LogP contribution in [0.4, 0.5) is 0 Å². The fraction of sp³-hybridized carbons (Fsp3) is 0.571. The minimum Gasteiger partial charge on any atom is -0.481 e. The second-order valence-corrected chi connectivity index (χ2v) is 11.0. The van der Waals surface area contributed by atoms with Gasteiger partial charge in [-0.05, 0) is 79.7 Å². The topological polar surface area (TPSA) is 63.6 Å². The van der Waals surface area contributed by atoms with Gasteiger partial charge in [-0.1, -0.05) is 62.3 Å². The predicted molar refractivity (Wildman–Crippen MR) is 126 cm³/mol. The molecule has 4 rings (SSSR count). The van der Waals surface area contributed by atoms with Crippen LogP contribution >= 0.6 is 0 Å². The number of hydrogen-bond donors (Lipinski definition) is 1. The van der Waals surface area contributed by atoms with Gasteiger partial charge in [-0.3, -0.25) is 4.79 Å². The van der Waals surface area contributed by atoms with Crippen LogP contribution in [0.15, 0.2) is 42.0 Å². The second kappa shape index (κ2) is 8.20. The van der Waals surface area contributed by atoms with E-state index in [1.165, 1.54) is 12.7 Å². The number of methoxy groups -OCH3 is 1. The Morgan fingerprint density at radius 2 is 1.88 bits per heavy atom. The van der Waals surface area contributed by atoms with Crippen LogP contribution in [-0.4, -0.2) is 24.2 Å². The molecule has 0 amide bonds. The average Bonchev–Trinajstić information content (AvgIpc) is 2.77. The van der Waals surface area contributed by atoms with Crippen LogP contribution in [0, 0.1) is 28.1 Å². The number of allylic oxidation sites excluding steroid dienone is 3. The number of fused-ring (bicyclic) bond motifs is 3. The highest BCUT2D eigenvalue weighted by Crippen LogP contribution is 2.63. The van der Waals surface area contributed by atoms with Gasteiger partial charge in [0.1, 0.15) is 0 Å². The van der Waals surface area contributed by atoms with Crippen molar-refractivity contribution in [2.45, 2.75) is 65.7 Å². The molecule has 3 aliphatic rings. The fourth-order valence-corrected chi connectivity index (χ4v) is 7.06. The van der Waals surface area contributed by atoms with Crippen molar-refractivity contribution in [3.63, 3.8) is 0 Å². The number of ether oxygens (including phenoxy) is 1. The highest BCUT2D eigenvalue weighted by Gasteiger charge is 2.58. The van der Waals surface area contributed by atoms with Crippen LogP contribution in [0.25, 0.3) is 6.08 Å². The van der Waals surface area contributed by atoms with E-state index in [-0.39, 0.29) is 22.7 Å². The summed E-state index contributed by atoms with van der Waals surface area (Å²) in [5.74, 6) is -0.254. The predicted octanol–water partition coefficient (Wildman–Crippen LogP) is 6.52. The summed E-state index contributed by atoms with van der Waals surface area (Å²) >= 11 is 0. The van der Waals surface area contributed by atoms with Gasteiger partial charge in [-0.25, -0.2) is 4.79 Å². The third kappa shape index (κ3) is 3.72. The molecule has 3 aliphatic carbocycles. The van der Waals surface area contributed by atoms with Crippen molar-refractivity contribution in [1.82, 2.24) is 0 Å². The van der Waals surface area contributed by atoms with Gasteiger partial charge in [0.15, 0.2) is 0 Å². The molecule has 4 nitrogen and oxygen atoms in total. The van der Waals surface area contributed by atoms with Gasteiger partial charge in [0.25, 0.3) is 0 Å². The lowest BCUT2D eigenvalue weighted by Gasteiger charge is -2.58. The molecule has 0 unspecified atom stereocenters. The highest BCUT2D eigenvalue weighted by atomic mass is 16.5. The molecule has 0 aromatic heterocycles. The van der Waals surface area contributed by atoms with Crippen LogP contribution in [0.5, 0.6) is 0 Å². The van der Waals surface area contributed by atoms with Gasteiger partial charge >= 0.3 is 11.9 Å². The first-order chi connectivity index (χ1) is 15.1.